The van der Waals surface area contributed by atoms with Crippen LogP contribution in [-0.4, -0.2) is 43.2 Å². The molecule has 1 atom stereocenters. The van der Waals surface area contributed by atoms with Gasteiger partial charge in [-0.05, 0) is 52.2 Å². The molecule has 1 unspecified atom stereocenters. The first-order valence-electron chi connectivity index (χ1n) is 5.79. The van der Waals surface area contributed by atoms with Gasteiger partial charge in [0, 0.05) is 0 Å². The molecule has 1 aliphatic rings. The molecular weight excluding hydrogens is 228 g/mol. The molecule has 1 rings (SSSR count). The number of piperidine rings is 1. The summed E-state index contributed by atoms with van der Waals surface area (Å²) >= 11 is 0. The quantitative estimate of drug-likeness (QED) is 0.758. The summed E-state index contributed by atoms with van der Waals surface area (Å²) in [6.45, 7) is 6.90. The molecular formula is C11H23ClN2O2. The van der Waals surface area contributed by atoms with Crippen molar-refractivity contribution in [3.63, 3.8) is 0 Å². The van der Waals surface area contributed by atoms with Crippen molar-refractivity contribution in [3.8, 4) is 0 Å². The Morgan fingerprint density at radius 2 is 2.06 bits per heavy atom. The maximum absolute atomic E-state index is 11.5. The molecule has 0 saturated carbocycles. The molecule has 0 aliphatic carbocycles. The normalized spacial score (nSPS) is 19.9. The number of carbonyl (C=O) groups excluding carboxylic acids is 1. The number of hydrogen-bond acceptors (Lipinski definition) is 4. The van der Waals surface area contributed by atoms with Crippen LogP contribution in [0.15, 0.2) is 0 Å². The maximum Gasteiger partial charge on any atom is 0.323 e. The molecule has 0 bridgehead atoms. The van der Waals surface area contributed by atoms with Crippen molar-refractivity contribution < 1.29 is 9.53 Å². The summed E-state index contributed by atoms with van der Waals surface area (Å²) in [6.07, 6.45) is 2.19. The van der Waals surface area contributed by atoms with Gasteiger partial charge in [0.25, 0.3) is 0 Å². The van der Waals surface area contributed by atoms with Crippen LogP contribution in [-0.2, 0) is 9.53 Å². The first kappa shape index (κ1) is 15.7. The lowest BCUT2D eigenvalue weighted by Gasteiger charge is -2.34. The lowest BCUT2D eigenvalue weighted by Crippen LogP contribution is -2.45. The number of ether oxygens (including phenoxy) is 1. The van der Waals surface area contributed by atoms with Crippen molar-refractivity contribution in [3.05, 3.63) is 0 Å². The number of halogens is 1. The van der Waals surface area contributed by atoms with Gasteiger partial charge in [-0.15, -0.1) is 12.4 Å². The predicted molar refractivity (Wildman–Crippen MR) is 66.7 cm³/mol. The Bertz CT molecular complexity index is 206. The van der Waals surface area contributed by atoms with E-state index < -0.39 is 0 Å². The highest BCUT2D eigenvalue weighted by Gasteiger charge is 2.26. The highest BCUT2D eigenvalue weighted by molar-refractivity contribution is 5.85. The molecule has 0 amide bonds. The molecule has 0 aromatic carbocycles. The minimum Gasteiger partial charge on any atom is -0.465 e. The summed E-state index contributed by atoms with van der Waals surface area (Å²) in [4.78, 5) is 13.7. The molecule has 5 heteroatoms. The summed E-state index contributed by atoms with van der Waals surface area (Å²) < 4.78 is 5.00. The Morgan fingerprint density at radius 3 is 2.50 bits per heavy atom. The van der Waals surface area contributed by atoms with Crippen molar-refractivity contribution in [2.24, 2.45) is 11.7 Å². The molecule has 1 saturated heterocycles. The molecule has 1 heterocycles. The Balaban J connectivity index is 0.00000225. The molecule has 0 aromatic rings. The Morgan fingerprint density at radius 1 is 1.50 bits per heavy atom. The van der Waals surface area contributed by atoms with Crippen molar-refractivity contribution in [2.75, 3.05) is 26.2 Å². The van der Waals surface area contributed by atoms with Crippen LogP contribution >= 0.6 is 12.4 Å². The number of carbonyl (C=O) groups is 1. The first-order valence-corrected chi connectivity index (χ1v) is 5.79. The molecule has 16 heavy (non-hydrogen) atoms. The van der Waals surface area contributed by atoms with E-state index in [1.54, 1.807) is 0 Å². The topological polar surface area (TPSA) is 55.6 Å². The first-order chi connectivity index (χ1) is 7.19. The smallest absolute Gasteiger partial charge is 0.323 e. The van der Waals surface area contributed by atoms with E-state index in [2.05, 4.69) is 4.90 Å². The van der Waals surface area contributed by atoms with Crippen LogP contribution in [0.1, 0.15) is 26.7 Å². The average molecular weight is 251 g/mol. The second-order valence-corrected chi connectivity index (χ2v) is 4.14. The van der Waals surface area contributed by atoms with Gasteiger partial charge in [-0.25, -0.2) is 0 Å². The molecule has 1 fully saturated rings. The predicted octanol–water partition coefficient (Wildman–Crippen LogP) is 1.03. The molecule has 0 spiro atoms. The average Bonchev–Trinajstić information content (AvgIpc) is 2.28. The number of nitrogens with zero attached hydrogens (tertiary/aromatic N) is 1. The third kappa shape index (κ3) is 4.28. The lowest BCUT2D eigenvalue weighted by atomic mass is 9.96. The Labute approximate surface area is 104 Å². The van der Waals surface area contributed by atoms with E-state index in [1.165, 1.54) is 0 Å². The Hall–Kier alpha value is -0.320. The fourth-order valence-electron chi connectivity index (χ4n) is 1.99. The molecule has 0 aromatic heterocycles. The monoisotopic (exact) mass is 250 g/mol. The summed E-state index contributed by atoms with van der Waals surface area (Å²) in [5, 5.41) is 0. The van der Waals surface area contributed by atoms with E-state index in [1.807, 2.05) is 13.8 Å². The standard InChI is InChI=1S/C11H22N2O2.ClH/c1-3-15-11(14)9(2)13-6-4-10(8-12)5-7-13;/h9-10H,3-8,12H2,1-2H3;1H. The second-order valence-electron chi connectivity index (χ2n) is 4.14. The van der Waals surface area contributed by atoms with Crippen LogP contribution in [0.3, 0.4) is 0 Å². The minimum absolute atomic E-state index is 0. The fourth-order valence-corrected chi connectivity index (χ4v) is 1.99. The van der Waals surface area contributed by atoms with Crippen molar-refractivity contribution >= 4 is 18.4 Å². The highest BCUT2D eigenvalue weighted by atomic mass is 35.5. The van der Waals surface area contributed by atoms with Crippen molar-refractivity contribution in [1.82, 2.24) is 4.90 Å². The van der Waals surface area contributed by atoms with Crippen LogP contribution in [0.4, 0.5) is 0 Å². The van der Waals surface area contributed by atoms with Gasteiger partial charge < -0.3 is 10.5 Å². The van der Waals surface area contributed by atoms with Crippen molar-refractivity contribution in [1.29, 1.82) is 0 Å². The number of nitrogens with two attached hydrogens (primary N) is 1. The van der Waals surface area contributed by atoms with E-state index >= 15 is 0 Å². The Kier molecular flexibility index (Phi) is 7.72. The van der Waals surface area contributed by atoms with Gasteiger partial charge in [0.15, 0.2) is 0 Å². The van der Waals surface area contributed by atoms with Crippen LogP contribution in [0.2, 0.25) is 0 Å². The number of rotatable bonds is 4. The van der Waals surface area contributed by atoms with Gasteiger partial charge in [0.2, 0.25) is 0 Å². The molecule has 0 radical (unpaired) electrons. The van der Waals surface area contributed by atoms with E-state index in [-0.39, 0.29) is 24.4 Å². The van der Waals surface area contributed by atoms with Gasteiger partial charge in [0.1, 0.15) is 6.04 Å². The van der Waals surface area contributed by atoms with Crippen molar-refractivity contribution in [2.45, 2.75) is 32.7 Å². The van der Waals surface area contributed by atoms with Crippen LogP contribution in [0, 0.1) is 5.92 Å². The zero-order valence-electron chi connectivity index (χ0n) is 10.1. The maximum atomic E-state index is 11.5. The van der Waals surface area contributed by atoms with Crippen LogP contribution in [0.5, 0.6) is 0 Å². The molecule has 2 N–H and O–H groups in total. The van der Waals surface area contributed by atoms with Gasteiger partial charge in [-0.2, -0.15) is 0 Å². The lowest BCUT2D eigenvalue weighted by molar-refractivity contribution is -0.149. The number of esters is 1. The fraction of sp³-hybridized carbons (Fsp3) is 0.909. The number of likely N-dealkylation sites (tertiary alicyclic amines) is 1. The SMILES string of the molecule is CCOC(=O)C(C)N1CCC(CN)CC1.Cl. The highest BCUT2D eigenvalue weighted by Crippen LogP contribution is 2.18. The second kappa shape index (κ2) is 7.87. The summed E-state index contributed by atoms with van der Waals surface area (Å²) in [5.74, 6) is 0.527. The minimum atomic E-state index is -0.108. The zero-order chi connectivity index (χ0) is 11.3. The van der Waals surface area contributed by atoms with E-state index in [4.69, 9.17) is 10.5 Å². The third-order valence-electron chi connectivity index (χ3n) is 3.16. The molecule has 4 nitrogen and oxygen atoms in total. The molecule has 96 valence electrons. The number of hydrogen-bond donors (Lipinski definition) is 1. The summed E-state index contributed by atoms with van der Waals surface area (Å²) in [6, 6.07) is -0.108. The van der Waals surface area contributed by atoms with Crippen LogP contribution in [0.25, 0.3) is 0 Å². The van der Waals surface area contributed by atoms with Gasteiger partial charge >= 0.3 is 5.97 Å². The van der Waals surface area contributed by atoms with Crippen LogP contribution < -0.4 is 5.73 Å². The van der Waals surface area contributed by atoms with E-state index in [0.29, 0.717) is 12.5 Å². The molecule has 1 aliphatic heterocycles. The van der Waals surface area contributed by atoms with Gasteiger partial charge in [-0.3, -0.25) is 9.69 Å². The summed E-state index contributed by atoms with van der Waals surface area (Å²) in [5.41, 5.74) is 5.62. The third-order valence-corrected chi connectivity index (χ3v) is 3.16. The zero-order valence-corrected chi connectivity index (χ0v) is 11.0. The van der Waals surface area contributed by atoms with E-state index in [0.717, 1.165) is 32.5 Å². The van der Waals surface area contributed by atoms with E-state index in [9.17, 15) is 4.79 Å². The summed E-state index contributed by atoms with van der Waals surface area (Å²) in [7, 11) is 0. The van der Waals surface area contributed by atoms with Gasteiger partial charge in [0.05, 0.1) is 6.61 Å². The van der Waals surface area contributed by atoms with Gasteiger partial charge in [-0.1, -0.05) is 0 Å². The largest absolute Gasteiger partial charge is 0.465 e.